The van der Waals surface area contributed by atoms with Crippen molar-refractivity contribution in [2.24, 2.45) is 0 Å². The van der Waals surface area contributed by atoms with Crippen molar-refractivity contribution in [3.05, 3.63) is 29.3 Å². The van der Waals surface area contributed by atoms with Crippen LogP contribution in [0.4, 0.5) is 5.69 Å². The molecule has 1 aromatic carbocycles. The van der Waals surface area contributed by atoms with Crippen LogP contribution in [-0.2, 0) is 6.42 Å². The van der Waals surface area contributed by atoms with Gasteiger partial charge in [-0.05, 0) is 38.8 Å². The number of hydrogen-bond donors (Lipinski definition) is 1. The van der Waals surface area contributed by atoms with Gasteiger partial charge in [0.05, 0.1) is 5.38 Å². The van der Waals surface area contributed by atoms with E-state index in [0.717, 1.165) is 6.42 Å². The fourth-order valence-electron chi connectivity index (χ4n) is 1.89. The molecule has 0 fully saturated rings. The zero-order valence-corrected chi connectivity index (χ0v) is 9.65. The Bertz CT molecular complexity index is 357. The van der Waals surface area contributed by atoms with Gasteiger partial charge >= 0.3 is 0 Å². The van der Waals surface area contributed by atoms with Crippen molar-refractivity contribution < 1.29 is 0 Å². The number of anilines is 1. The number of nitrogens with one attached hydrogen (secondary N) is 1. The molecular formula is C12H16ClN. The normalized spacial score (nSPS) is 23.9. The second-order valence-electron chi connectivity index (χ2n) is 4.68. The standard InChI is InChI=1S/C12H16ClN/c1-8-4-5-10-9(6-8)7-11(13)12(2,3)14-10/h4-6,11,14H,7H2,1-3H3. The maximum Gasteiger partial charge on any atom is 0.0601 e. The van der Waals surface area contributed by atoms with Crippen LogP contribution in [0.1, 0.15) is 25.0 Å². The number of alkyl halides is 1. The molecule has 0 saturated carbocycles. The summed E-state index contributed by atoms with van der Waals surface area (Å²) in [5, 5.41) is 3.64. The van der Waals surface area contributed by atoms with Gasteiger partial charge in [-0.1, -0.05) is 17.7 Å². The summed E-state index contributed by atoms with van der Waals surface area (Å²) in [6.45, 7) is 6.41. The van der Waals surface area contributed by atoms with Crippen molar-refractivity contribution in [1.82, 2.24) is 0 Å². The van der Waals surface area contributed by atoms with E-state index in [4.69, 9.17) is 11.6 Å². The predicted molar refractivity (Wildman–Crippen MR) is 62.2 cm³/mol. The van der Waals surface area contributed by atoms with Crippen LogP contribution in [-0.4, -0.2) is 10.9 Å². The van der Waals surface area contributed by atoms with Gasteiger partial charge in [0.15, 0.2) is 0 Å². The van der Waals surface area contributed by atoms with Crippen molar-refractivity contribution in [1.29, 1.82) is 0 Å². The second-order valence-corrected chi connectivity index (χ2v) is 5.21. The molecule has 1 aliphatic heterocycles. The maximum atomic E-state index is 6.33. The molecule has 2 heteroatoms. The third-order valence-electron chi connectivity index (χ3n) is 2.90. The first-order chi connectivity index (χ1) is 6.49. The predicted octanol–water partition coefficient (Wildman–Crippen LogP) is 3.35. The van der Waals surface area contributed by atoms with Crippen LogP contribution >= 0.6 is 11.6 Å². The Morgan fingerprint density at radius 2 is 2.14 bits per heavy atom. The third kappa shape index (κ3) is 1.61. The van der Waals surface area contributed by atoms with Crippen molar-refractivity contribution >= 4 is 17.3 Å². The first-order valence-corrected chi connectivity index (χ1v) is 5.44. The van der Waals surface area contributed by atoms with Gasteiger partial charge in [-0.2, -0.15) is 0 Å². The molecule has 0 saturated heterocycles. The first-order valence-electron chi connectivity index (χ1n) is 5.01. The number of aryl methyl sites for hydroxylation is 1. The molecule has 0 aliphatic carbocycles. The van der Waals surface area contributed by atoms with E-state index in [9.17, 15) is 0 Å². The van der Waals surface area contributed by atoms with Crippen LogP contribution < -0.4 is 5.32 Å². The van der Waals surface area contributed by atoms with Crippen molar-refractivity contribution in [3.63, 3.8) is 0 Å². The molecule has 1 heterocycles. The SMILES string of the molecule is Cc1ccc2c(c1)CC(Cl)C(C)(C)N2. The Morgan fingerprint density at radius 3 is 2.86 bits per heavy atom. The van der Waals surface area contributed by atoms with E-state index >= 15 is 0 Å². The Morgan fingerprint density at radius 1 is 1.43 bits per heavy atom. The average Bonchev–Trinajstić information content (AvgIpc) is 2.08. The second kappa shape index (κ2) is 3.16. The van der Waals surface area contributed by atoms with Crippen LogP contribution in [0.15, 0.2) is 18.2 Å². The molecule has 14 heavy (non-hydrogen) atoms. The molecule has 1 nitrogen and oxygen atoms in total. The van der Waals surface area contributed by atoms with Crippen LogP contribution in [0, 0.1) is 6.92 Å². The molecule has 1 unspecified atom stereocenters. The summed E-state index contributed by atoms with van der Waals surface area (Å²) in [5.74, 6) is 0. The maximum absolute atomic E-state index is 6.33. The van der Waals surface area contributed by atoms with Gasteiger partial charge in [0.1, 0.15) is 0 Å². The molecule has 1 atom stereocenters. The lowest BCUT2D eigenvalue weighted by Crippen LogP contribution is -2.45. The monoisotopic (exact) mass is 209 g/mol. The highest BCUT2D eigenvalue weighted by Crippen LogP contribution is 2.33. The molecule has 1 aromatic rings. The van der Waals surface area contributed by atoms with Crippen LogP contribution in [0.2, 0.25) is 0 Å². The molecule has 0 radical (unpaired) electrons. The number of benzene rings is 1. The van der Waals surface area contributed by atoms with Gasteiger partial charge in [0, 0.05) is 11.2 Å². The Labute approximate surface area is 90.5 Å². The minimum Gasteiger partial charge on any atom is -0.378 e. The van der Waals surface area contributed by atoms with Crippen LogP contribution in [0.3, 0.4) is 0 Å². The molecule has 0 bridgehead atoms. The van der Waals surface area contributed by atoms with E-state index in [1.54, 1.807) is 0 Å². The zero-order chi connectivity index (χ0) is 10.3. The number of fused-ring (bicyclic) bond motifs is 1. The summed E-state index contributed by atoms with van der Waals surface area (Å²) < 4.78 is 0. The Kier molecular flexibility index (Phi) is 2.23. The fraction of sp³-hybridized carbons (Fsp3) is 0.500. The molecular weight excluding hydrogens is 194 g/mol. The Balaban J connectivity index is 2.41. The molecule has 1 aliphatic rings. The van der Waals surface area contributed by atoms with E-state index in [-0.39, 0.29) is 10.9 Å². The smallest absolute Gasteiger partial charge is 0.0601 e. The quantitative estimate of drug-likeness (QED) is 0.647. The lowest BCUT2D eigenvalue weighted by Gasteiger charge is -2.38. The summed E-state index contributed by atoms with van der Waals surface area (Å²) in [4.78, 5) is 0. The summed E-state index contributed by atoms with van der Waals surface area (Å²) in [7, 11) is 0. The number of rotatable bonds is 0. The minimum absolute atomic E-state index is 0.0101. The van der Waals surface area contributed by atoms with Crippen LogP contribution in [0.25, 0.3) is 0 Å². The topological polar surface area (TPSA) is 12.0 Å². The highest BCUT2D eigenvalue weighted by atomic mass is 35.5. The zero-order valence-electron chi connectivity index (χ0n) is 8.89. The van der Waals surface area contributed by atoms with E-state index in [1.807, 2.05) is 0 Å². The molecule has 0 aromatic heterocycles. The lowest BCUT2D eigenvalue weighted by molar-refractivity contribution is 0.510. The summed E-state index contributed by atoms with van der Waals surface area (Å²) in [5.41, 5.74) is 3.86. The number of halogens is 1. The van der Waals surface area contributed by atoms with Gasteiger partial charge in [0.2, 0.25) is 0 Å². The molecule has 2 rings (SSSR count). The average molecular weight is 210 g/mol. The number of hydrogen-bond acceptors (Lipinski definition) is 1. The van der Waals surface area contributed by atoms with E-state index in [2.05, 4.69) is 44.3 Å². The van der Waals surface area contributed by atoms with Gasteiger partial charge in [-0.25, -0.2) is 0 Å². The van der Waals surface area contributed by atoms with Gasteiger partial charge in [0.25, 0.3) is 0 Å². The van der Waals surface area contributed by atoms with Gasteiger partial charge < -0.3 is 5.32 Å². The van der Waals surface area contributed by atoms with E-state index in [1.165, 1.54) is 16.8 Å². The third-order valence-corrected chi connectivity index (χ3v) is 3.60. The highest BCUT2D eigenvalue weighted by molar-refractivity contribution is 6.22. The van der Waals surface area contributed by atoms with Crippen LogP contribution in [0.5, 0.6) is 0 Å². The van der Waals surface area contributed by atoms with Crippen molar-refractivity contribution in [2.45, 2.75) is 38.1 Å². The Hall–Kier alpha value is -0.690. The molecule has 0 amide bonds. The summed E-state index contributed by atoms with van der Waals surface area (Å²) >= 11 is 6.33. The van der Waals surface area contributed by atoms with E-state index < -0.39 is 0 Å². The molecule has 76 valence electrons. The first kappa shape index (κ1) is 9.85. The molecule has 1 N–H and O–H groups in total. The largest absolute Gasteiger partial charge is 0.378 e. The van der Waals surface area contributed by atoms with Gasteiger partial charge in [-0.3, -0.25) is 0 Å². The van der Waals surface area contributed by atoms with Gasteiger partial charge in [-0.15, -0.1) is 11.6 Å². The van der Waals surface area contributed by atoms with E-state index in [0.29, 0.717) is 0 Å². The molecule has 0 spiro atoms. The minimum atomic E-state index is -0.0101. The summed E-state index contributed by atoms with van der Waals surface area (Å²) in [6.07, 6.45) is 0.957. The fourth-order valence-corrected chi connectivity index (χ4v) is 2.11. The lowest BCUT2D eigenvalue weighted by atomic mass is 9.88. The van der Waals surface area contributed by atoms with Crippen molar-refractivity contribution in [2.75, 3.05) is 5.32 Å². The highest BCUT2D eigenvalue weighted by Gasteiger charge is 2.32. The van der Waals surface area contributed by atoms with Crippen molar-refractivity contribution in [3.8, 4) is 0 Å². The summed E-state index contributed by atoms with van der Waals surface area (Å²) in [6, 6.07) is 6.50.